The first-order chi connectivity index (χ1) is 11.5. The molecular formula is C20H30N2O2. The molecule has 1 aromatic carbocycles. The van der Waals surface area contributed by atoms with Crippen LogP contribution < -0.4 is 5.32 Å². The summed E-state index contributed by atoms with van der Waals surface area (Å²) in [5.74, 6) is 0.652. The summed E-state index contributed by atoms with van der Waals surface area (Å²) in [5.41, 5.74) is 1.07. The fourth-order valence-corrected chi connectivity index (χ4v) is 3.31. The Bertz CT molecular complexity index is 534. The van der Waals surface area contributed by atoms with E-state index in [1.54, 1.807) is 0 Å². The van der Waals surface area contributed by atoms with Crippen LogP contribution in [0.1, 0.15) is 57.9 Å². The van der Waals surface area contributed by atoms with Crippen LogP contribution in [0.25, 0.3) is 0 Å². The standard InChI is InChI=1S/C20H30N2O2/c1-4-18(16-8-6-5-7-9-16)20(24)21-17-10-12-22(13-11-17)19(23)14-15(2)3/h5-9,15,17-18H,4,10-14H2,1-3H3,(H,21,24)/t18-/m0/s1. The minimum atomic E-state index is -0.0909. The molecule has 24 heavy (non-hydrogen) atoms. The Balaban J connectivity index is 1.84. The lowest BCUT2D eigenvalue weighted by molar-refractivity contribution is -0.133. The van der Waals surface area contributed by atoms with Gasteiger partial charge >= 0.3 is 0 Å². The minimum Gasteiger partial charge on any atom is -0.353 e. The summed E-state index contributed by atoms with van der Waals surface area (Å²) in [6, 6.07) is 10.1. The van der Waals surface area contributed by atoms with Crippen molar-refractivity contribution in [3.05, 3.63) is 35.9 Å². The van der Waals surface area contributed by atoms with Gasteiger partial charge in [-0.05, 0) is 30.7 Å². The van der Waals surface area contributed by atoms with E-state index in [1.165, 1.54) is 0 Å². The molecule has 1 atom stereocenters. The predicted molar refractivity (Wildman–Crippen MR) is 96.7 cm³/mol. The maximum Gasteiger partial charge on any atom is 0.227 e. The van der Waals surface area contributed by atoms with Gasteiger partial charge in [-0.2, -0.15) is 0 Å². The number of rotatable bonds is 6. The fraction of sp³-hybridized carbons (Fsp3) is 0.600. The molecule has 0 aliphatic carbocycles. The van der Waals surface area contributed by atoms with E-state index in [0.29, 0.717) is 12.3 Å². The van der Waals surface area contributed by atoms with Gasteiger partial charge in [-0.3, -0.25) is 9.59 Å². The van der Waals surface area contributed by atoms with Crippen LogP contribution in [0.4, 0.5) is 0 Å². The van der Waals surface area contributed by atoms with Gasteiger partial charge in [0.05, 0.1) is 5.92 Å². The second-order valence-corrected chi connectivity index (χ2v) is 7.13. The number of nitrogens with one attached hydrogen (secondary N) is 1. The van der Waals surface area contributed by atoms with Gasteiger partial charge in [0.25, 0.3) is 0 Å². The number of nitrogens with zero attached hydrogens (tertiary/aromatic N) is 1. The molecule has 4 nitrogen and oxygen atoms in total. The lowest BCUT2D eigenvalue weighted by Gasteiger charge is -2.33. The van der Waals surface area contributed by atoms with E-state index >= 15 is 0 Å². The molecule has 0 spiro atoms. The molecule has 0 unspecified atom stereocenters. The molecule has 0 saturated carbocycles. The van der Waals surface area contributed by atoms with Gasteiger partial charge in [0, 0.05) is 25.6 Å². The second-order valence-electron chi connectivity index (χ2n) is 7.13. The Labute approximate surface area is 145 Å². The van der Waals surface area contributed by atoms with Gasteiger partial charge in [-0.25, -0.2) is 0 Å². The van der Waals surface area contributed by atoms with Crippen molar-refractivity contribution in [1.29, 1.82) is 0 Å². The highest BCUT2D eigenvalue weighted by Gasteiger charge is 2.26. The zero-order valence-corrected chi connectivity index (χ0v) is 15.1. The van der Waals surface area contributed by atoms with Crippen molar-refractivity contribution < 1.29 is 9.59 Å². The van der Waals surface area contributed by atoms with Crippen LogP contribution in [0.3, 0.4) is 0 Å². The summed E-state index contributed by atoms with van der Waals surface area (Å²) in [5, 5.41) is 3.19. The second kappa shape index (κ2) is 8.86. The van der Waals surface area contributed by atoms with Gasteiger partial charge in [0.1, 0.15) is 0 Å². The van der Waals surface area contributed by atoms with Crippen LogP contribution in [0.5, 0.6) is 0 Å². The van der Waals surface area contributed by atoms with Crippen molar-refractivity contribution in [2.24, 2.45) is 5.92 Å². The maximum atomic E-state index is 12.6. The lowest BCUT2D eigenvalue weighted by atomic mass is 9.94. The molecule has 1 saturated heterocycles. The third-order valence-corrected chi connectivity index (χ3v) is 4.70. The van der Waals surface area contributed by atoms with Crippen LogP contribution in [-0.2, 0) is 9.59 Å². The predicted octanol–water partition coefficient (Wildman–Crippen LogP) is 3.33. The summed E-state index contributed by atoms with van der Waals surface area (Å²) in [4.78, 5) is 26.7. The fourth-order valence-electron chi connectivity index (χ4n) is 3.31. The smallest absolute Gasteiger partial charge is 0.227 e. The topological polar surface area (TPSA) is 49.4 Å². The SMILES string of the molecule is CC[C@H](C(=O)NC1CCN(C(=O)CC(C)C)CC1)c1ccccc1. The van der Waals surface area contributed by atoms with E-state index in [1.807, 2.05) is 42.2 Å². The zero-order chi connectivity index (χ0) is 17.5. The number of hydrogen-bond acceptors (Lipinski definition) is 2. The van der Waals surface area contributed by atoms with Crippen molar-refractivity contribution in [2.45, 2.75) is 58.4 Å². The average Bonchev–Trinajstić information content (AvgIpc) is 2.56. The number of amides is 2. The van der Waals surface area contributed by atoms with E-state index in [-0.39, 0.29) is 23.8 Å². The van der Waals surface area contributed by atoms with Crippen LogP contribution >= 0.6 is 0 Å². The Morgan fingerprint density at radius 3 is 2.33 bits per heavy atom. The summed E-state index contributed by atoms with van der Waals surface area (Å²) in [7, 11) is 0. The van der Waals surface area contributed by atoms with E-state index < -0.39 is 0 Å². The van der Waals surface area contributed by atoms with Crippen LogP contribution in [0.15, 0.2) is 30.3 Å². The van der Waals surface area contributed by atoms with Crippen molar-refractivity contribution in [2.75, 3.05) is 13.1 Å². The monoisotopic (exact) mass is 330 g/mol. The zero-order valence-electron chi connectivity index (χ0n) is 15.1. The van der Waals surface area contributed by atoms with E-state index in [4.69, 9.17) is 0 Å². The summed E-state index contributed by atoms with van der Waals surface area (Å²) >= 11 is 0. The van der Waals surface area contributed by atoms with Crippen molar-refractivity contribution in [3.63, 3.8) is 0 Å². The molecule has 1 aliphatic heterocycles. The van der Waals surface area contributed by atoms with E-state index in [0.717, 1.165) is 37.9 Å². The number of carbonyl (C=O) groups is 2. The molecule has 4 heteroatoms. The molecule has 1 aliphatic rings. The Hall–Kier alpha value is -1.84. The Morgan fingerprint density at radius 1 is 1.17 bits per heavy atom. The van der Waals surface area contributed by atoms with Gasteiger partial charge in [-0.15, -0.1) is 0 Å². The number of carbonyl (C=O) groups excluding carboxylic acids is 2. The maximum absolute atomic E-state index is 12.6. The molecular weight excluding hydrogens is 300 g/mol. The molecule has 2 amide bonds. The normalized spacial score (nSPS) is 16.9. The molecule has 1 N–H and O–H groups in total. The molecule has 1 aromatic rings. The van der Waals surface area contributed by atoms with Crippen LogP contribution in [-0.4, -0.2) is 35.8 Å². The average molecular weight is 330 g/mol. The summed E-state index contributed by atoms with van der Waals surface area (Å²) < 4.78 is 0. The molecule has 1 heterocycles. The number of benzene rings is 1. The Kier molecular flexibility index (Phi) is 6.83. The molecule has 2 rings (SSSR count). The van der Waals surface area contributed by atoms with Gasteiger partial charge < -0.3 is 10.2 Å². The quantitative estimate of drug-likeness (QED) is 0.870. The van der Waals surface area contributed by atoms with Crippen molar-refractivity contribution in [3.8, 4) is 0 Å². The first-order valence-corrected chi connectivity index (χ1v) is 9.14. The third kappa shape index (κ3) is 5.08. The molecule has 0 radical (unpaired) electrons. The Morgan fingerprint density at radius 2 is 1.79 bits per heavy atom. The number of likely N-dealkylation sites (tertiary alicyclic amines) is 1. The highest BCUT2D eigenvalue weighted by Crippen LogP contribution is 2.21. The van der Waals surface area contributed by atoms with Crippen LogP contribution in [0.2, 0.25) is 0 Å². The highest BCUT2D eigenvalue weighted by atomic mass is 16.2. The van der Waals surface area contributed by atoms with Gasteiger partial charge in [0.2, 0.25) is 11.8 Å². The summed E-state index contributed by atoms with van der Waals surface area (Å²) in [6.45, 7) is 7.68. The number of hydrogen-bond donors (Lipinski definition) is 1. The molecule has 0 aromatic heterocycles. The molecule has 0 bridgehead atoms. The van der Waals surface area contributed by atoms with Crippen LogP contribution in [0, 0.1) is 5.92 Å². The number of piperidine rings is 1. The van der Waals surface area contributed by atoms with Gasteiger partial charge in [0.15, 0.2) is 0 Å². The highest BCUT2D eigenvalue weighted by molar-refractivity contribution is 5.84. The molecule has 1 fully saturated rings. The van der Waals surface area contributed by atoms with E-state index in [2.05, 4.69) is 19.2 Å². The van der Waals surface area contributed by atoms with Crippen molar-refractivity contribution in [1.82, 2.24) is 10.2 Å². The van der Waals surface area contributed by atoms with Crippen molar-refractivity contribution >= 4 is 11.8 Å². The van der Waals surface area contributed by atoms with E-state index in [9.17, 15) is 9.59 Å². The first-order valence-electron chi connectivity index (χ1n) is 9.14. The van der Waals surface area contributed by atoms with Gasteiger partial charge in [-0.1, -0.05) is 51.1 Å². The molecule has 132 valence electrons. The summed E-state index contributed by atoms with van der Waals surface area (Å²) in [6.07, 6.45) is 3.10. The largest absolute Gasteiger partial charge is 0.353 e. The lowest BCUT2D eigenvalue weighted by Crippen LogP contribution is -2.47. The minimum absolute atomic E-state index is 0.0909. The first kappa shape index (κ1) is 18.5. The third-order valence-electron chi connectivity index (χ3n) is 4.70.